The Balaban J connectivity index is 1.92. The van der Waals surface area contributed by atoms with Crippen LogP contribution in [0, 0.1) is 0 Å². The van der Waals surface area contributed by atoms with E-state index in [4.69, 9.17) is 4.74 Å². The number of rotatable bonds is 5. The van der Waals surface area contributed by atoms with E-state index < -0.39 is 0 Å². The van der Waals surface area contributed by atoms with Crippen LogP contribution in [0.25, 0.3) is 0 Å². The third-order valence-electron chi connectivity index (χ3n) is 3.24. The van der Waals surface area contributed by atoms with Gasteiger partial charge in [0.05, 0.1) is 18.7 Å². The van der Waals surface area contributed by atoms with E-state index in [2.05, 4.69) is 18.9 Å². The van der Waals surface area contributed by atoms with Gasteiger partial charge in [0.1, 0.15) is 6.10 Å². The molecule has 2 heterocycles. The molecule has 0 aliphatic carbocycles. The average Bonchev–Trinajstić information content (AvgIpc) is 2.87. The van der Waals surface area contributed by atoms with E-state index in [-0.39, 0.29) is 11.9 Å². The Kier molecular flexibility index (Phi) is 4.83. The predicted molar refractivity (Wildman–Crippen MR) is 73.0 cm³/mol. The molecule has 2 unspecified atom stereocenters. The van der Waals surface area contributed by atoms with Gasteiger partial charge in [0.15, 0.2) is 5.78 Å². The summed E-state index contributed by atoms with van der Waals surface area (Å²) in [5, 5.41) is 4.45. The molecule has 1 aliphatic rings. The van der Waals surface area contributed by atoms with E-state index in [0.29, 0.717) is 19.1 Å². The van der Waals surface area contributed by atoms with Crippen molar-refractivity contribution >= 4 is 17.5 Å². The number of ketones is 1. The van der Waals surface area contributed by atoms with Gasteiger partial charge in [0.2, 0.25) is 0 Å². The maximum Gasteiger partial charge on any atom is 0.168 e. The molecule has 2 atom stereocenters. The second-order valence-electron chi connectivity index (χ2n) is 4.62. The molecule has 1 aromatic rings. The molecule has 0 radical (unpaired) electrons. The van der Waals surface area contributed by atoms with Crippen molar-refractivity contribution in [2.24, 2.45) is 0 Å². The quantitative estimate of drug-likeness (QED) is 0.820. The van der Waals surface area contributed by atoms with Crippen molar-refractivity contribution in [2.75, 3.05) is 18.1 Å². The summed E-state index contributed by atoms with van der Waals surface area (Å²) in [5.41, 5.74) is 0.847. The first kappa shape index (κ1) is 13.6. The molecule has 1 aromatic heterocycles. The van der Waals surface area contributed by atoms with Gasteiger partial charge in [-0.25, -0.2) is 0 Å². The number of carbonyl (C=O) groups excluding carboxylic acids is 1. The minimum absolute atomic E-state index is 0.150. The summed E-state index contributed by atoms with van der Waals surface area (Å²) in [6.07, 6.45) is 3.14. The lowest BCUT2D eigenvalue weighted by molar-refractivity contribution is -0.128. The maximum atomic E-state index is 12.0. The first-order chi connectivity index (χ1) is 8.70. The first-order valence-electron chi connectivity index (χ1n) is 6.46. The molecule has 1 aliphatic heterocycles. The Morgan fingerprint density at radius 3 is 3.22 bits per heavy atom. The lowest BCUT2D eigenvalue weighted by Gasteiger charge is -2.20. The molecule has 1 fully saturated rings. The molecule has 0 bridgehead atoms. The number of ether oxygens (including phenoxy) is 1. The largest absolute Gasteiger partial charge is 0.369 e. The highest BCUT2D eigenvalue weighted by molar-refractivity contribution is 7.99. The van der Waals surface area contributed by atoms with Gasteiger partial charge in [-0.15, -0.1) is 0 Å². The smallest absolute Gasteiger partial charge is 0.168 e. The molecule has 0 N–H and O–H groups in total. The molecule has 100 valence electrons. The zero-order valence-electron chi connectivity index (χ0n) is 11.0. The third kappa shape index (κ3) is 3.36. The normalized spacial score (nSPS) is 21.8. The summed E-state index contributed by atoms with van der Waals surface area (Å²) in [4.78, 5) is 12.0. The minimum atomic E-state index is -0.238. The van der Waals surface area contributed by atoms with E-state index in [9.17, 15) is 4.79 Å². The van der Waals surface area contributed by atoms with Gasteiger partial charge in [-0.05, 0) is 19.4 Å². The molecule has 18 heavy (non-hydrogen) atoms. The number of hydrogen-bond acceptors (Lipinski definition) is 4. The third-order valence-corrected chi connectivity index (χ3v) is 4.23. The van der Waals surface area contributed by atoms with E-state index in [1.54, 1.807) is 11.8 Å². The highest BCUT2D eigenvalue weighted by atomic mass is 32.2. The highest BCUT2D eigenvalue weighted by Gasteiger charge is 2.23. The first-order valence-corrected chi connectivity index (χ1v) is 7.62. The summed E-state index contributed by atoms with van der Waals surface area (Å²) in [6.45, 7) is 4.94. The fourth-order valence-electron chi connectivity index (χ4n) is 1.87. The average molecular weight is 268 g/mol. The van der Waals surface area contributed by atoms with Gasteiger partial charge in [-0.1, -0.05) is 6.92 Å². The summed E-state index contributed by atoms with van der Waals surface area (Å²) in [6, 6.07) is 2.32. The minimum Gasteiger partial charge on any atom is -0.369 e. The van der Waals surface area contributed by atoms with Crippen molar-refractivity contribution in [3.8, 4) is 0 Å². The molecular weight excluding hydrogens is 248 g/mol. The van der Waals surface area contributed by atoms with E-state index in [1.165, 1.54) is 0 Å². The van der Waals surface area contributed by atoms with Crippen LogP contribution in [-0.4, -0.2) is 39.8 Å². The second kappa shape index (κ2) is 6.38. The standard InChI is InChI=1S/C13H20N2O2S/c1-3-10(2)15-5-4-11(14-15)8-12(16)13-9-18-7-6-17-13/h4-5,10,13H,3,6-9H2,1-2H3. The van der Waals surface area contributed by atoms with Crippen LogP contribution < -0.4 is 0 Å². The van der Waals surface area contributed by atoms with Crippen LogP contribution in [0.2, 0.25) is 0 Å². The Bertz CT molecular complexity index is 399. The molecule has 0 spiro atoms. The monoisotopic (exact) mass is 268 g/mol. The highest BCUT2D eigenvalue weighted by Crippen LogP contribution is 2.15. The van der Waals surface area contributed by atoms with Crippen molar-refractivity contribution in [2.45, 2.75) is 38.8 Å². The van der Waals surface area contributed by atoms with E-state index in [1.807, 2.05) is 16.9 Å². The van der Waals surface area contributed by atoms with E-state index in [0.717, 1.165) is 23.6 Å². The van der Waals surface area contributed by atoms with Crippen molar-refractivity contribution in [3.63, 3.8) is 0 Å². The Morgan fingerprint density at radius 2 is 2.56 bits per heavy atom. The summed E-state index contributed by atoms with van der Waals surface area (Å²) < 4.78 is 7.41. The maximum absolute atomic E-state index is 12.0. The SMILES string of the molecule is CCC(C)n1ccc(CC(=O)C2CSCCO2)n1. The van der Waals surface area contributed by atoms with Gasteiger partial charge in [0, 0.05) is 23.7 Å². The topological polar surface area (TPSA) is 44.1 Å². The molecule has 0 amide bonds. The number of nitrogens with zero attached hydrogens (tertiary/aromatic N) is 2. The van der Waals surface area contributed by atoms with Gasteiger partial charge in [0.25, 0.3) is 0 Å². The van der Waals surface area contributed by atoms with Crippen LogP contribution >= 0.6 is 11.8 Å². The molecule has 0 aromatic carbocycles. The predicted octanol–water partition coefficient (Wildman–Crippen LogP) is 2.10. The van der Waals surface area contributed by atoms with Crippen LogP contribution in [0.3, 0.4) is 0 Å². The molecule has 4 nitrogen and oxygen atoms in total. The number of hydrogen-bond donors (Lipinski definition) is 0. The Hall–Kier alpha value is -0.810. The van der Waals surface area contributed by atoms with Crippen molar-refractivity contribution in [1.29, 1.82) is 0 Å². The van der Waals surface area contributed by atoms with Gasteiger partial charge in [-0.2, -0.15) is 16.9 Å². The Morgan fingerprint density at radius 1 is 1.72 bits per heavy atom. The van der Waals surface area contributed by atoms with Gasteiger partial charge < -0.3 is 4.74 Å². The number of Topliss-reactive ketones (excluding diaryl/α,β-unsaturated/α-hetero) is 1. The molecular formula is C13H20N2O2S. The van der Waals surface area contributed by atoms with Crippen molar-refractivity contribution in [3.05, 3.63) is 18.0 Å². The fourth-order valence-corrected chi connectivity index (χ4v) is 2.75. The molecule has 2 rings (SSSR count). The van der Waals surface area contributed by atoms with Crippen LogP contribution in [0.4, 0.5) is 0 Å². The van der Waals surface area contributed by atoms with Crippen LogP contribution in [0.1, 0.15) is 32.0 Å². The number of carbonyl (C=O) groups is 1. The lowest BCUT2D eigenvalue weighted by Crippen LogP contribution is -2.32. The number of thioether (sulfide) groups is 1. The summed E-state index contributed by atoms with van der Waals surface area (Å²) >= 11 is 1.78. The zero-order valence-corrected chi connectivity index (χ0v) is 11.8. The van der Waals surface area contributed by atoms with Gasteiger partial charge >= 0.3 is 0 Å². The number of aromatic nitrogens is 2. The van der Waals surface area contributed by atoms with Crippen LogP contribution in [0.15, 0.2) is 12.3 Å². The zero-order chi connectivity index (χ0) is 13.0. The molecule has 5 heteroatoms. The summed E-state index contributed by atoms with van der Waals surface area (Å²) in [7, 11) is 0. The fraction of sp³-hybridized carbons (Fsp3) is 0.692. The lowest BCUT2D eigenvalue weighted by atomic mass is 10.1. The van der Waals surface area contributed by atoms with Crippen LogP contribution in [0.5, 0.6) is 0 Å². The summed E-state index contributed by atoms with van der Waals surface area (Å²) in [5.74, 6) is 1.92. The van der Waals surface area contributed by atoms with E-state index >= 15 is 0 Å². The second-order valence-corrected chi connectivity index (χ2v) is 5.77. The molecule has 1 saturated heterocycles. The van der Waals surface area contributed by atoms with Crippen LogP contribution in [-0.2, 0) is 16.0 Å². The molecule has 0 saturated carbocycles. The Labute approximate surface area is 112 Å². The van der Waals surface area contributed by atoms with Crippen molar-refractivity contribution < 1.29 is 9.53 Å². The van der Waals surface area contributed by atoms with Gasteiger partial charge in [-0.3, -0.25) is 9.48 Å². The van der Waals surface area contributed by atoms with Crippen molar-refractivity contribution in [1.82, 2.24) is 9.78 Å².